The lowest BCUT2D eigenvalue weighted by atomic mass is 9.87. The van der Waals surface area contributed by atoms with E-state index in [9.17, 15) is 9.59 Å². The van der Waals surface area contributed by atoms with Gasteiger partial charge < -0.3 is 10.1 Å². The van der Waals surface area contributed by atoms with Crippen LogP contribution in [0.15, 0.2) is 42.5 Å². The maximum atomic E-state index is 15.2. The molecule has 1 atom stereocenters. The van der Waals surface area contributed by atoms with Gasteiger partial charge in [0.25, 0.3) is 0 Å². The van der Waals surface area contributed by atoms with Gasteiger partial charge in [0.2, 0.25) is 11.8 Å². The average molecular weight is 539 g/mol. The number of thioether (sulfide) groups is 1. The number of aryl methyl sites for hydroxylation is 2. The molecule has 38 heavy (non-hydrogen) atoms. The lowest BCUT2D eigenvalue weighted by molar-refractivity contribution is -0.123. The molecule has 1 aliphatic rings. The number of hydrogen-bond acceptors (Lipinski definition) is 5. The Hall–Kier alpha value is -3.17. The van der Waals surface area contributed by atoms with Gasteiger partial charge in [-0.2, -0.15) is 5.10 Å². The molecule has 0 spiro atoms. The Kier molecular flexibility index (Phi) is 8.28. The van der Waals surface area contributed by atoms with E-state index in [4.69, 9.17) is 9.84 Å². The number of amides is 2. The third-order valence-electron chi connectivity index (χ3n) is 6.50. The summed E-state index contributed by atoms with van der Waals surface area (Å²) >= 11 is 1.36. The summed E-state index contributed by atoms with van der Waals surface area (Å²) in [4.78, 5) is 28.1. The van der Waals surface area contributed by atoms with Crippen molar-refractivity contribution in [3.63, 3.8) is 0 Å². The van der Waals surface area contributed by atoms with Gasteiger partial charge in [0.1, 0.15) is 18.2 Å². The van der Waals surface area contributed by atoms with Gasteiger partial charge in [0.15, 0.2) is 0 Å². The fourth-order valence-electron chi connectivity index (χ4n) is 4.71. The molecule has 0 fully saturated rings. The molecule has 0 saturated carbocycles. The summed E-state index contributed by atoms with van der Waals surface area (Å²) < 4.78 is 22.0. The van der Waals surface area contributed by atoms with Crippen LogP contribution in [0.3, 0.4) is 0 Å². The van der Waals surface area contributed by atoms with Crippen LogP contribution in [0.25, 0.3) is 5.69 Å². The number of hydrogen-bond donors (Lipinski definition) is 1. The number of nitrogens with one attached hydrogen (secondary N) is 1. The maximum absolute atomic E-state index is 15.2. The van der Waals surface area contributed by atoms with Crippen LogP contribution >= 0.6 is 11.8 Å². The Morgan fingerprint density at radius 3 is 2.61 bits per heavy atom. The topological polar surface area (TPSA) is 76.5 Å². The summed E-state index contributed by atoms with van der Waals surface area (Å²) in [6.45, 7) is 10.7. The van der Waals surface area contributed by atoms with Crippen molar-refractivity contribution < 1.29 is 18.7 Å². The van der Waals surface area contributed by atoms with E-state index in [0.717, 1.165) is 28.1 Å². The number of carbonyl (C=O) groups excluding carboxylic acids is 2. The van der Waals surface area contributed by atoms with Crippen molar-refractivity contribution in [1.82, 2.24) is 15.1 Å². The van der Waals surface area contributed by atoms with E-state index in [2.05, 4.69) is 32.2 Å². The minimum Gasteiger partial charge on any atom is -0.383 e. The molecule has 0 aliphatic carbocycles. The average Bonchev–Trinajstić information content (AvgIpc) is 3.18. The zero-order chi connectivity index (χ0) is 27.6. The normalized spacial score (nSPS) is 15.8. The van der Waals surface area contributed by atoms with E-state index < -0.39 is 10.7 Å². The summed E-state index contributed by atoms with van der Waals surface area (Å²) in [5.74, 6) is -0.278. The van der Waals surface area contributed by atoms with Crippen molar-refractivity contribution in [2.24, 2.45) is 0 Å². The molecule has 202 valence electrons. The minimum absolute atomic E-state index is 0.0928. The van der Waals surface area contributed by atoms with Crippen LogP contribution < -0.4 is 10.2 Å². The highest BCUT2D eigenvalue weighted by atomic mass is 32.2. The first kappa shape index (κ1) is 27.9. The lowest BCUT2D eigenvalue weighted by Gasteiger charge is -2.25. The Morgan fingerprint density at radius 1 is 1.21 bits per heavy atom. The number of halogens is 1. The van der Waals surface area contributed by atoms with Crippen LogP contribution in [0.1, 0.15) is 54.0 Å². The molecule has 2 amide bonds. The highest BCUT2D eigenvalue weighted by molar-refractivity contribution is 8.00. The summed E-state index contributed by atoms with van der Waals surface area (Å²) in [6.07, 6.45) is 0. The zero-order valence-electron chi connectivity index (χ0n) is 22.8. The molecule has 9 heteroatoms. The second-order valence-electron chi connectivity index (χ2n) is 10.6. The van der Waals surface area contributed by atoms with E-state index in [1.165, 1.54) is 22.7 Å². The summed E-state index contributed by atoms with van der Waals surface area (Å²) in [6, 6.07) is 12.7. The van der Waals surface area contributed by atoms with E-state index >= 15 is 4.39 Å². The predicted molar refractivity (Wildman–Crippen MR) is 150 cm³/mol. The number of carbonyl (C=O) groups is 2. The molecule has 3 aromatic rings. The van der Waals surface area contributed by atoms with Gasteiger partial charge in [-0.3, -0.25) is 14.5 Å². The molecule has 1 aliphatic heterocycles. The SMILES string of the molecule is COCCNC(=O)CN1C(=O)CS[C@H](c2ccccc2F)c2c(C(C)(C)C)nn(-c3ccc(C)cc3C)c21. The molecular formula is C29H35FN4O3S. The number of anilines is 1. The quantitative estimate of drug-likeness (QED) is 0.435. The monoisotopic (exact) mass is 538 g/mol. The Morgan fingerprint density at radius 2 is 1.95 bits per heavy atom. The number of methoxy groups -OCH3 is 1. The fourth-order valence-corrected chi connectivity index (χ4v) is 5.93. The number of benzene rings is 2. The van der Waals surface area contributed by atoms with Gasteiger partial charge in [-0.05, 0) is 31.5 Å². The van der Waals surface area contributed by atoms with Gasteiger partial charge in [0.05, 0.1) is 29.0 Å². The van der Waals surface area contributed by atoms with Gasteiger partial charge in [-0.15, -0.1) is 11.8 Å². The van der Waals surface area contributed by atoms with Crippen molar-refractivity contribution in [2.45, 2.75) is 45.3 Å². The first-order valence-corrected chi connectivity index (χ1v) is 13.7. The van der Waals surface area contributed by atoms with Gasteiger partial charge >= 0.3 is 0 Å². The van der Waals surface area contributed by atoms with Crippen molar-refractivity contribution in [1.29, 1.82) is 0 Å². The van der Waals surface area contributed by atoms with Crippen LogP contribution in [0.2, 0.25) is 0 Å². The molecule has 2 aromatic carbocycles. The number of ether oxygens (including phenoxy) is 1. The molecule has 1 N–H and O–H groups in total. The van der Waals surface area contributed by atoms with E-state index in [1.807, 2.05) is 26.0 Å². The summed E-state index contributed by atoms with van der Waals surface area (Å²) in [5.41, 5.74) is 4.47. The van der Waals surface area contributed by atoms with Crippen LogP contribution in [0.5, 0.6) is 0 Å². The third-order valence-corrected chi connectivity index (χ3v) is 7.73. The van der Waals surface area contributed by atoms with Crippen molar-refractivity contribution >= 4 is 29.4 Å². The molecule has 0 saturated heterocycles. The third kappa shape index (κ3) is 5.63. The van der Waals surface area contributed by atoms with Crippen LogP contribution in [0.4, 0.5) is 10.2 Å². The Labute approximate surface area is 227 Å². The van der Waals surface area contributed by atoms with Gasteiger partial charge in [0, 0.05) is 30.2 Å². The standard InChI is InChI=1S/C29H35FN4O3S/c1-18-11-12-22(19(2)15-18)34-28-25(27(32-34)29(3,4)5)26(20-9-7-8-10-21(20)30)38-17-24(36)33(28)16-23(35)31-13-14-37-6/h7-12,15,26H,13-14,16-17H2,1-6H3,(H,31,35)/t26-/m1/s1. The first-order valence-electron chi connectivity index (χ1n) is 12.7. The van der Waals surface area contributed by atoms with Crippen molar-refractivity contribution in [3.8, 4) is 5.69 Å². The van der Waals surface area contributed by atoms with Crippen LogP contribution in [-0.2, 0) is 19.7 Å². The Balaban J connectivity index is 2.00. The predicted octanol–water partition coefficient (Wildman–Crippen LogP) is 4.86. The van der Waals surface area contributed by atoms with E-state index in [1.54, 1.807) is 30.0 Å². The smallest absolute Gasteiger partial charge is 0.240 e. The number of aromatic nitrogens is 2. The molecular weight excluding hydrogens is 503 g/mol. The largest absolute Gasteiger partial charge is 0.383 e. The highest BCUT2D eigenvalue weighted by Crippen LogP contribution is 2.49. The maximum Gasteiger partial charge on any atom is 0.240 e. The van der Waals surface area contributed by atoms with Crippen LogP contribution in [0, 0.1) is 19.7 Å². The Bertz CT molecular complexity index is 1350. The fraction of sp³-hybridized carbons (Fsp3) is 0.414. The molecule has 2 heterocycles. The zero-order valence-corrected chi connectivity index (χ0v) is 23.6. The number of rotatable bonds is 7. The molecule has 7 nitrogen and oxygen atoms in total. The summed E-state index contributed by atoms with van der Waals surface area (Å²) in [5, 5.41) is 7.41. The first-order chi connectivity index (χ1) is 18.0. The van der Waals surface area contributed by atoms with E-state index in [0.29, 0.717) is 24.5 Å². The molecule has 1 aromatic heterocycles. The number of nitrogens with zero attached hydrogens (tertiary/aromatic N) is 3. The van der Waals surface area contributed by atoms with Crippen molar-refractivity contribution in [2.75, 3.05) is 37.5 Å². The minimum atomic E-state index is -0.481. The molecule has 0 unspecified atom stereocenters. The molecule has 4 rings (SSSR count). The number of fused-ring (bicyclic) bond motifs is 1. The lowest BCUT2D eigenvalue weighted by Crippen LogP contribution is -2.43. The molecule has 0 bridgehead atoms. The van der Waals surface area contributed by atoms with Crippen molar-refractivity contribution in [3.05, 3.63) is 76.2 Å². The second-order valence-corrected chi connectivity index (χ2v) is 11.7. The van der Waals surface area contributed by atoms with Gasteiger partial charge in [-0.25, -0.2) is 9.07 Å². The second kappa shape index (κ2) is 11.3. The summed E-state index contributed by atoms with van der Waals surface area (Å²) in [7, 11) is 1.56. The van der Waals surface area contributed by atoms with Gasteiger partial charge in [-0.1, -0.05) is 56.7 Å². The van der Waals surface area contributed by atoms with E-state index in [-0.39, 0.29) is 29.9 Å². The molecule has 0 radical (unpaired) electrons. The highest BCUT2D eigenvalue weighted by Gasteiger charge is 2.40. The van der Waals surface area contributed by atoms with Crippen LogP contribution in [-0.4, -0.2) is 54.2 Å².